The van der Waals surface area contributed by atoms with E-state index < -0.39 is 0 Å². The maximum absolute atomic E-state index is 12.5. The van der Waals surface area contributed by atoms with Crippen molar-refractivity contribution in [3.63, 3.8) is 0 Å². The van der Waals surface area contributed by atoms with Crippen LogP contribution in [-0.4, -0.2) is 55.6 Å². The Morgan fingerprint density at radius 3 is 2.56 bits per heavy atom. The van der Waals surface area contributed by atoms with Gasteiger partial charge in [-0.3, -0.25) is 9.69 Å². The Morgan fingerprint density at radius 1 is 1.07 bits per heavy atom. The molecule has 0 spiro atoms. The predicted octanol–water partition coefficient (Wildman–Crippen LogP) is 4.14. The maximum atomic E-state index is 12.5. The van der Waals surface area contributed by atoms with Gasteiger partial charge in [-0.2, -0.15) is 0 Å². The quantitative estimate of drug-likeness (QED) is 0.705. The van der Waals surface area contributed by atoms with Gasteiger partial charge in [-0.15, -0.1) is 0 Å². The first-order chi connectivity index (χ1) is 13.2. The first-order valence-electron chi connectivity index (χ1n) is 10.9. The fourth-order valence-corrected chi connectivity index (χ4v) is 5.12. The van der Waals surface area contributed by atoms with Crippen LogP contribution >= 0.6 is 0 Å². The summed E-state index contributed by atoms with van der Waals surface area (Å²) in [7, 11) is 0. The van der Waals surface area contributed by atoms with Gasteiger partial charge in [0.1, 0.15) is 0 Å². The van der Waals surface area contributed by atoms with E-state index in [-0.39, 0.29) is 0 Å². The van der Waals surface area contributed by atoms with Gasteiger partial charge in [0, 0.05) is 56.1 Å². The highest BCUT2D eigenvalue weighted by Crippen LogP contribution is 2.28. The van der Waals surface area contributed by atoms with E-state index in [0.717, 1.165) is 57.2 Å². The van der Waals surface area contributed by atoms with Crippen molar-refractivity contribution in [1.82, 2.24) is 4.90 Å². The number of carbonyl (C=O) groups excluding carboxylic acids is 1. The molecule has 3 saturated heterocycles. The predicted molar refractivity (Wildman–Crippen MR) is 110 cm³/mol. The van der Waals surface area contributed by atoms with Crippen molar-refractivity contribution >= 4 is 11.5 Å². The summed E-state index contributed by atoms with van der Waals surface area (Å²) in [4.78, 5) is 17.7. The molecule has 27 heavy (non-hydrogen) atoms. The van der Waals surface area contributed by atoms with Crippen molar-refractivity contribution < 1.29 is 9.53 Å². The lowest BCUT2D eigenvalue weighted by molar-refractivity contribution is 0.0619. The number of rotatable bonds is 6. The van der Waals surface area contributed by atoms with Crippen LogP contribution in [0, 0.1) is 5.92 Å². The van der Waals surface area contributed by atoms with Crippen molar-refractivity contribution in [1.29, 1.82) is 0 Å². The molecule has 0 saturated carbocycles. The Balaban J connectivity index is 1.29. The molecule has 3 aliphatic rings. The molecule has 4 rings (SSSR count). The summed E-state index contributed by atoms with van der Waals surface area (Å²) in [5.41, 5.74) is 2.14. The average Bonchev–Trinajstić information content (AvgIpc) is 3.36. The molecule has 1 aromatic carbocycles. The van der Waals surface area contributed by atoms with Gasteiger partial charge in [0.25, 0.3) is 0 Å². The highest BCUT2D eigenvalue weighted by atomic mass is 16.5. The zero-order valence-electron chi connectivity index (χ0n) is 16.7. The third kappa shape index (κ3) is 4.55. The zero-order valence-corrected chi connectivity index (χ0v) is 16.7. The monoisotopic (exact) mass is 370 g/mol. The third-order valence-corrected chi connectivity index (χ3v) is 6.91. The summed E-state index contributed by atoms with van der Waals surface area (Å²) in [5, 5.41) is 0. The number of anilines is 1. The van der Waals surface area contributed by atoms with Crippen molar-refractivity contribution in [3.8, 4) is 0 Å². The lowest BCUT2D eigenvalue weighted by Gasteiger charge is -2.28. The molecular weight excluding hydrogens is 336 g/mol. The molecule has 3 aliphatic heterocycles. The summed E-state index contributed by atoms with van der Waals surface area (Å²) in [6.45, 7) is 7.62. The largest absolute Gasteiger partial charge is 0.381 e. The average molecular weight is 371 g/mol. The molecule has 0 aromatic heterocycles. The van der Waals surface area contributed by atoms with Gasteiger partial charge < -0.3 is 9.64 Å². The minimum atomic E-state index is 0.290. The number of hydrogen-bond acceptors (Lipinski definition) is 4. The first-order valence-corrected chi connectivity index (χ1v) is 10.9. The van der Waals surface area contributed by atoms with Gasteiger partial charge >= 0.3 is 0 Å². The number of hydrogen-bond donors (Lipinski definition) is 0. The van der Waals surface area contributed by atoms with E-state index in [4.69, 9.17) is 4.74 Å². The summed E-state index contributed by atoms with van der Waals surface area (Å²) in [5.74, 6) is 0.953. The van der Waals surface area contributed by atoms with Gasteiger partial charge in [-0.25, -0.2) is 0 Å². The van der Waals surface area contributed by atoms with E-state index in [1.165, 1.54) is 31.5 Å². The van der Waals surface area contributed by atoms with E-state index in [9.17, 15) is 4.79 Å². The second-order valence-corrected chi connectivity index (χ2v) is 8.68. The van der Waals surface area contributed by atoms with Crippen molar-refractivity contribution in [2.24, 2.45) is 5.92 Å². The number of benzene rings is 1. The van der Waals surface area contributed by atoms with Crippen LogP contribution in [-0.2, 0) is 4.74 Å². The minimum Gasteiger partial charge on any atom is -0.381 e. The molecule has 3 heterocycles. The van der Waals surface area contributed by atoms with Crippen molar-refractivity contribution in [3.05, 3.63) is 29.8 Å². The molecule has 2 atom stereocenters. The summed E-state index contributed by atoms with van der Waals surface area (Å²) in [6.07, 6.45) is 7.85. The molecule has 0 aliphatic carbocycles. The number of likely N-dealkylation sites (tertiary alicyclic amines) is 1. The Labute approximate surface area is 163 Å². The topological polar surface area (TPSA) is 32.8 Å². The van der Waals surface area contributed by atoms with Gasteiger partial charge in [0.15, 0.2) is 5.78 Å². The van der Waals surface area contributed by atoms with Gasteiger partial charge in [0.05, 0.1) is 0 Å². The van der Waals surface area contributed by atoms with Crippen LogP contribution in [0.15, 0.2) is 24.3 Å². The van der Waals surface area contributed by atoms with Crippen molar-refractivity contribution in [2.75, 3.05) is 37.7 Å². The summed E-state index contributed by atoms with van der Waals surface area (Å²) in [6, 6.07) is 9.81. The van der Waals surface area contributed by atoms with Crippen LogP contribution in [0.25, 0.3) is 0 Å². The molecule has 0 N–H and O–H groups in total. The minimum absolute atomic E-state index is 0.290. The number of ether oxygens (including phenoxy) is 1. The molecule has 4 heteroatoms. The molecule has 0 radical (unpaired) electrons. The molecule has 4 nitrogen and oxygen atoms in total. The van der Waals surface area contributed by atoms with E-state index in [0.29, 0.717) is 24.2 Å². The van der Waals surface area contributed by atoms with Crippen LogP contribution in [0.5, 0.6) is 0 Å². The fraction of sp³-hybridized carbons (Fsp3) is 0.696. The van der Waals surface area contributed by atoms with Gasteiger partial charge in [-0.05, 0) is 82.2 Å². The SMILES string of the molecule is C[C@H]1CCCN1[C@H]1CCN(c2ccc(C(=O)CCC3CCOCC3)cc2)C1. The lowest BCUT2D eigenvalue weighted by atomic mass is 9.92. The molecule has 1 aromatic rings. The number of nitrogens with zero attached hydrogens (tertiary/aromatic N) is 2. The van der Waals surface area contributed by atoms with E-state index in [2.05, 4.69) is 28.9 Å². The lowest BCUT2D eigenvalue weighted by Crippen LogP contribution is -2.39. The molecule has 0 amide bonds. The Morgan fingerprint density at radius 2 is 1.85 bits per heavy atom. The van der Waals surface area contributed by atoms with E-state index in [1.54, 1.807) is 0 Å². The van der Waals surface area contributed by atoms with E-state index >= 15 is 0 Å². The van der Waals surface area contributed by atoms with Gasteiger partial charge in [0.2, 0.25) is 0 Å². The van der Waals surface area contributed by atoms with Crippen LogP contribution < -0.4 is 4.90 Å². The molecular formula is C23H34N2O2. The van der Waals surface area contributed by atoms with Gasteiger partial charge in [-0.1, -0.05) is 0 Å². The highest BCUT2D eigenvalue weighted by molar-refractivity contribution is 5.96. The normalized spacial score (nSPS) is 27.4. The van der Waals surface area contributed by atoms with Crippen LogP contribution in [0.1, 0.15) is 62.2 Å². The Bertz CT molecular complexity index is 624. The van der Waals surface area contributed by atoms with Crippen LogP contribution in [0.3, 0.4) is 0 Å². The molecule has 3 fully saturated rings. The second-order valence-electron chi connectivity index (χ2n) is 8.68. The Kier molecular flexibility index (Phi) is 6.14. The standard InChI is InChI=1S/C23H34N2O2/c1-18-3-2-13-25(18)22-10-14-24(17-22)21-7-5-20(6-8-21)23(26)9-4-19-11-15-27-16-12-19/h5-8,18-19,22H,2-4,9-17H2,1H3/t18-,22-/m0/s1. The Hall–Kier alpha value is -1.39. The smallest absolute Gasteiger partial charge is 0.162 e. The number of carbonyl (C=O) groups is 1. The molecule has 148 valence electrons. The maximum Gasteiger partial charge on any atom is 0.162 e. The summed E-state index contributed by atoms with van der Waals surface area (Å²) < 4.78 is 5.41. The first kappa shape index (κ1) is 18.9. The van der Waals surface area contributed by atoms with E-state index in [1.807, 2.05) is 12.1 Å². The fourth-order valence-electron chi connectivity index (χ4n) is 5.12. The van der Waals surface area contributed by atoms with Crippen LogP contribution in [0.2, 0.25) is 0 Å². The summed E-state index contributed by atoms with van der Waals surface area (Å²) >= 11 is 0. The highest BCUT2D eigenvalue weighted by Gasteiger charge is 2.32. The molecule has 0 unspecified atom stereocenters. The van der Waals surface area contributed by atoms with Crippen LogP contribution in [0.4, 0.5) is 5.69 Å². The second kappa shape index (κ2) is 8.74. The number of Topliss-reactive ketones (excluding diaryl/α,β-unsaturated/α-hetero) is 1. The molecule has 0 bridgehead atoms. The zero-order chi connectivity index (χ0) is 18.6. The third-order valence-electron chi connectivity index (χ3n) is 6.91. The van der Waals surface area contributed by atoms with Crippen molar-refractivity contribution in [2.45, 2.75) is 64.0 Å². The number of ketones is 1.